The predicted octanol–water partition coefficient (Wildman–Crippen LogP) is 2.72. The van der Waals surface area contributed by atoms with Gasteiger partial charge < -0.3 is 9.47 Å². The largest absolute Gasteiger partial charge is 0.353 e. The lowest BCUT2D eigenvalue weighted by atomic mass is 10.1. The van der Waals surface area contributed by atoms with Crippen molar-refractivity contribution in [2.24, 2.45) is 0 Å². The highest BCUT2D eigenvalue weighted by atomic mass is 16.7. The van der Waals surface area contributed by atoms with Gasteiger partial charge in [-0.15, -0.1) is 0 Å². The second-order valence-electron chi connectivity index (χ2n) is 3.48. The fourth-order valence-electron chi connectivity index (χ4n) is 1.58. The molecule has 2 heteroatoms. The van der Waals surface area contributed by atoms with Crippen LogP contribution in [0.4, 0.5) is 0 Å². The number of hydrogen-bond donors (Lipinski definition) is 0. The first kappa shape index (κ1) is 10.0. The van der Waals surface area contributed by atoms with Crippen molar-refractivity contribution in [1.82, 2.24) is 0 Å². The van der Waals surface area contributed by atoms with Gasteiger partial charge in [-0.2, -0.15) is 0 Å². The van der Waals surface area contributed by atoms with E-state index in [9.17, 15) is 0 Å². The van der Waals surface area contributed by atoms with Crippen molar-refractivity contribution in [3.8, 4) is 0 Å². The van der Waals surface area contributed by atoms with Crippen LogP contribution in [0.3, 0.4) is 0 Å². The third-order valence-corrected chi connectivity index (χ3v) is 2.31. The summed E-state index contributed by atoms with van der Waals surface area (Å²) in [6.07, 6.45) is 6.68. The Labute approximate surface area is 75.2 Å². The quantitative estimate of drug-likeness (QED) is 0.607. The Balaban J connectivity index is 2.06. The van der Waals surface area contributed by atoms with E-state index < -0.39 is 0 Å². The molecular weight excluding hydrogens is 152 g/mol. The number of hydrogen-bond acceptors (Lipinski definition) is 2. The number of unbranched alkanes of at least 4 members (excludes halogenated alkanes) is 2. The highest BCUT2D eigenvalue weighted by Gasteiger charge is 2.18. The molecule has 1 aliphatic heterocycles. The molecule has 1 aliphatic rings. The fraction of sp³-hybridized carbons (Fsp3) is 1.00. The van der Waals surface area contributed by atoms with E-state index in [0.29, 0.717) is 6.10 Å². The molecule has 72 valence electrons. The van der Waals surface area contributed by atoms with Crippen LogP contribution in [0.15, 0.2) is 0 Å². The molecule has 0 amide bonds. The molecule has 0 aromatic heterocycles. The molecule has 0 aliphatic carbocycles. The van der Waals surface area contributed by atoms with Gasteiger partial charge in [0.25, 0.3) is 0 Å². The summed E-state index contributed by atoms with van der Waals surface area (Å²) in [5, 5.41) is 0. The third-order valence-electron chi connectivity index (χ3n) is 2.31. The zero-order chi connectivity index (χ0) is 8.81. The Bertz CT molecular complexity index is 114. The highest BCUT2D eigenvalue weighted by molar-refractivity contribution is 4.62. The number of rotatable bonds is 4. The Morgan fingerprint density at radius 3 is 2.83 bits per heavy atom. The van der Waals surface area contributed by atoms with Gasteiger partial charge in [0.1, 0.15) is 0 Å². The van der Waals surface area contributed by atoms with Gasteiger partial charge in [0.2, 0.25) is 0 Å². The summed E-state index contributed by atoms with van der Waals surface area (Å²) in [6.45, 7) is 5.08. The molecule has 1 heterocycles. The van der Waals surface area contributed by atoms with Crippen LogP contribution in [-0.4, -0.2) is 19.0 Å². The van der Waals surface area contributed by atoms with E-state index >= 15 is 0 Å². The summed E-state index contributed by atoms with van der Waals surface area (Å²) < 4.78 is 10.9. The zero-order valence-electron chi connectivity index (χ0n) is 8.21. The summed E-state index contributed by atoms with van der Waals surface area (Å²) in [5.74, 6) is 0. The molecule has 0 bridgehead atoms. The van der Waals surface area contributed by atoms with Gasteiger partial charge in [0.05, 0.1) is 12.7 Å². The lowest BCUT2D eigenvalue weighted by Gasteiger charge is -2.27. The lowest BCUT2D eigenvalue weighted by Crippen LogP contribution is -2.30. The molecule has 2 nitrogen and oxygen atoms in total. The summed E-state index contributed by atoms with van der Waals surface area (Å²) in [5.41, 5.74) is 0. The second-order valence-corrected chi connectivity index (χ2v) is 3.48. The molecule has 0 N–H and O–H groups in total. The minimum atomic E-state index is 0.0189. The average molecular weight is 172 g/mol. The van der Waals surface area contributed by atoms with E-state index in [-0.39, 0.29) is 6.29 Å². The van der Waals surface area contributed by atoms with Gasteiger partial charge in [-0.05, 0) is 19.8 Å². The van der Waals surface area contributed by atoms with Crippen molar-refractivity contribution >= 4 is 0 Å². The van der Waals surface area contributed by atoms with Crippen LogP contribution in [0.2, 0.25) is 0 Å². The van der Waals surface area contributed by atoms with Crippen LogP contribution < -0.4 is 0 Å². The summed E-state index contributed by atoms with van der Waals surface area (Å²) in [7, 11) is 0. The molecule has 1 rings (SSSR count). The minimum Gasteiger partial charge on any atom is -0.353 e. The van der Waals surface area contributed by atoms with E-state index in [1.54, 1.807) is 0 Å². The fourth-order valence-corrected chi connectivity index (χ4v) is 1.58. The summed E-state index contributed by atoms with van der Waals surface area (Å²) >= 11 is 0. The average Bonchev–Trinajstić information content (AvgIpc) is 2.05. The van der Waals surface area contributed by atoms with Gasteiger partial charge in [-0.25, -0.2) is 0 Å². The van der Waals surface area contributed by atoms with Crippen LogP contribution in [0.1, 0.15) is 46.0 Å². The van der Waals surface area contributed by atoms with E-state index in [2.05, 4.69) is 6.92 Å². The molecule has 0 aromatic rings. The van der Waals surface area contributed by atoms with Crippen molar-refractivity contribution in [1.29, 1.82) is 0 Å². The van der Waals surface area contributed by atoms with Crippen molar-refractivity contribution < 1.29 is 9.47 Å². The molecule has 2 atom stereocenters. The lowest BCUT2D eigenvalue weighted by molar-refractivity contribution is -0.203. The van der Waals surface area contributed by atoms with Crippen LogP contribution in [0, 0.1) is 0 Å². The molecule has 1 fully saturated rings. The van der Waals surface area contributed by atoms with Gasteiger partial charge in [-0.3, -0.25) is 0 Å². The van der Waals surface area contributed by atoms with E-state index in [1.807, 2.05) is 6.92 Å². The molecule has 1 saturated heterocycles. The Morgan fingerprint density at radius 2 is 2.17 bits per heavy atom. The first-order valence-corrected chi connectivity index (χ1v) is 5.10. The molecule has 0 unspecified atom stereocenters. The maximum Gasteiger partial charge on any atom is 0.155 e. The Hall–Kier alpha value is -0.0800. The molecule has 0 radical (unpaired) electrons. The first-order chi connectivity index (χ1) is 5.83. The minimum absolute atomic E-state index is 0.0189. The molecule has 0 aromatic carbocycles. The smallest absolute Gasteiger partial charge is 0.155 e. The van der Waals surface area contributed by atoms with E-state index in [0.717, 1.165) is 13.0 Å². The number of ether oxygens (including phenoxy) is 2. The zero-order valence-corrected chi connectivity index (χ0v) is 8.21. The van der Waals surface area contributed by atoms with Crippen LogP contribution >= 0.6 is 0 Å². The van der Waals surface area contributed by atoms with Crippen LogP contribution in [-0.2, 0) is 9.47 Å². The predicted molar refractivity (Wildman–Crippen MR) is 49.0 cm³/mol. The summed E-state index contributed by atoms with van der Waals surface area (Å²) in [6, 6.07) is 0. The van der Waals surface area contributed by atoms with Gasteiger partial charge in [0.15, 0.2) is 6.29 Å². The van der Waals surface area contributed by atoms with Crippen LogP contribution in [0.5, 0.6) is 0 Å². The Kier molecular flexibility index (Phi) is 4.62. The monoisotopic (exact) mass is 172 g/mol. The summed E-state index contributed by atoms with van der Waals surface area (Å²) in [4.78, 5) is 0. The van der Waals surface area contributed by atoms with E-state index in [4.69, 9.17) is 9.47 Å². The maximum atomic E-state index is 5.61. The molecule has 0 saturated carbocycles. The van der Waals surface area contributed by atoms with E-state index in [1.165, 1.54) is 25.7 Å². The topological polar surface area (TPSA) is 18.5 Å². The SMILES string of the molecule is CCCCC[C@@H]1CCO[C@H](C)O1. The standard InChI is InChI=1S/C10H20O2/c1-3-4-5-6-10-7-8-11-9(2)12-10/h9-10H,3-8H2,1-2H3/t9-,10+/m0/s1. The second kappa shape index (κ2) is 5.55. The highest BCUT2D eigenvalue weighted by Crippen LogP contribution is 2.17. The van der Waals surface area contributed by atoms with Gasteiger partial charge in [-0.1, -0.05) is 26.2 Å². The van der Waals surface area contributed by atoms with Gasteiger partial charge in [0, 0.05) is 0 Å². The maximum absolute atomic E-state index is 5.61. The van der Waals surface area contributed by atoms with Crippen molar-refractivity contribution in [3.63, 3.8) is 0 Å². The van der Waals surface area contributed by atoms with Crippen molar-refractivity contribution in [3.05, 3.63) is 0 Å². The van der Waals surface area contributed by atoms with Gasteiger partial charge >= 0.3 is 0 Å². The third kappa shape index (κ3) is 3.55. The molecule has 12 heavy (non-hydrogen) atoms. The first-order valence-electron chi connectivity index (χ1n) is 5.10. The Morgan fingerprint density at radius 1 is 1.33 bits per heavy atom. The van der Waals surface area contributed by atoms with Crippen molar-refractivity contribution in [2.45, 2.75) is 58.3 Å². The molecular formula is C10H20O2. The normalized spacial score (nSPS) is 30.5. The van der Waals surface area contributed by atoms with Crippen molar-refractivity contribution in [2.75, 3.05) is 6.61 Å². The van der Waals surface area contributed by atoms with Crippen LogP contribution in [0.25, 0.3) is 0 Å². The molecule has 0 spiro atoms.